The maximum Gasteiger partial charge on any atom is 0.187 e. The summed E-state index contributed by atoms with van der Waals surface area (Å²) in [5.74, 6) is 1.56. The van der Waals surface area contributed by atoms with Crippen molar-refractivity contribution in [1.82, 2.24) is 15.9 Å². The lowest BCUT2D eigenvalue weighted by atomic mass is 10.1. The molecule has 2 rings (SSSR count). The molecule has 0 saturated heterocycles. The molecule has 0 aliphatic rings. The average molecular weight is 360 g/mol. The average Bonchev–Trinajstić information content (AvgIpc) is 2.83. The number of hydrazone groups is 1. The lowest BCUT2D eigenvalue weighted by Gasteiger charge is -2.21. The van der Waals surface area contributed by atoms with E-state index in [2.05, 4.69) is 21.0 Å². The van der Waals surface area contributed by atoms with Crippen LogP contribution in [0.15, 0.2) is 33.9 Å². The van der Waals surface area contributed by atoms with Crippen molar-refractivity contribution in [2.24, 2.45) is 5.10 Å². The van der Waals surface area contributed by atoms with Crippen LogP contribution >= 0.6 is 12.2 Å². The number of aromatic nitrogens is 1. The first-order valence-electron chi connectivity index (χ1n) is 8.00. The summed E-state index contributed by atoms with van der Waals surface area (Å²) in [6.07, 6.45) is 1.70. The van der Waals surface area contributed by atoms with Crippen LogP contribution in [-0.4, -0.2) is 22.0 Å². The molecule has 134 valence electrons. The van der Waals surface area contributed by atoms with Crippen LogP contribution in [0.3, 0.4) is 0 Å². The number of nitrogens with zero attached hydrogens (tertiary/aromatic N) is 2. The second-order valence-electron chi connectivity index (χ2n) is 6.73. The molecule has 0 aliphatic heterocycles. The van der Waals surface area contributed by atoms with Crippen molar-refractivity contribution >= 4 is 23.5 Å². The molecule has 0 unspecified atom stereocenters. The Labute approximate surface area is 153 Å². The molecule has 25 heavy (non-hydrogen) atoms. The van der Waals surface area contributed by atoms with Crippen LogP contribution in [0.1, 0.15) is 43.4 Å². The molecule has 0 amide bonds. The van der Waals surface area contributed by atoms with Gasteiger partial charge in [0.2, 0.25) is 0 Å². The fraction of sp³-hybridized carbons (Fsp3) is 0.389. The van der Waals surface area contributed by atoms with Gasteiger partial charge in [0.1, 0.15) is 18.1 Å². The minimum absolute atomic E-state index is 0.0974. The Morgan fingerprint density at radius 1 is 1.28 bits per heavy atom. The van der Waals surface area contributed by atoms with E-state index in [0.717, 1.165) is 28.3 Å². The van der Waals surface area contributed by atoms with Crippen LogP contribution in [0.4, 0.5) is 0 Å². The molecule has 1 aromatic carbocycles. The lowest BCUT2D eigenvalue weighted by molar-refractivity contribution is 0.301. The van der Waals surface area contributed by atoms with Crippen LogP contribution in [0, 0.1) is 13.8 Å². The first kappa shape index (κ1) is 18.9. The highest BCUT2D eigenvalue weighted by Crippen LogP contribution is 2.17. The molecular formula is C18H24N4O2S. The Hall–Kier alpha value is -2.41. The van der Waals surface area contributed by atoms with Gasteiger partial charge in [-0.1, -0.05) is 5.16 Å². The monoisotopic (exact) mass is 360 g/mol. The Bertz CT molecular complexity index is 726. The third kappa shape index (κ3) is 6.19. The third-order valence-electron chi connectivity index (χ3n) is 3.31. The van der Waals surface area contributed by atoms with Gasteiger partial charge >= 0.3 is 0 Å². The first-order valence-corrected chi connectivity index (χ1v) is 8.41. The fourth-order valence-corrected chi connectivity index (χ4v) is 2.41. The van der Waals surface area contributed by atoms with E-state index in [9.17, 15) is 0 Å². The van der Waals surface area contributed by atoms with Crippen molar-refractivity contribution in [3.05, 3.63) is 46.8 Å². The molecule has 1 aromatic heterocycles. The summed E-state index contributed by atoms with van der Waals surface area (Å²) >= 11 is 5.16. The highest BCUT2D eigenvalue weighted by molar-refractivity contribution is 7.80. The molecule has 7 heteroatoms. The zero-order valence-corrected chi connectivity index (χ0v) is 16.0. The smallest absolute Gasteiger partial charge is 0.187 e. The molecule has 6 nitrogen and oxygen atoms in total. The molecule has 2 N–H and O–H groups in total. The molecular weight excluding hydrogens is 336 g/mol. The van der Waals surface area contributed by atoms with Gasteiger partial charge in [-0.3, -0.25) is 5.43 Å². The lowest BCUT2D eigenvalue weighted by Crippen LogP contribution is -2.44. The van der Waals surface area contributed by atoms with Gasteiger partial charge in [-0.2, -0.15) is 5.10 Å². The van der Waals surface area contributed by atoms with Crippen LogP contribution in [0.25, 0.3) is 0 Å². The summed E-state index contributed by atoms with van der Waals surface area (Å²) in [4.78, 5) is 0. The third-order valence-corrected chi connectivity index (χ3v) is 3.51. The number of thiocarbonyl (C=S) groups is 1. The van der Waals surface area contributed by atoms with Crippen molar-refractivity contribution in [3.8, 4) is 5.75 Å². The highest BCUT2D eigenvalue weighted by atomic mass is 32.1. The number of aryl methyl sites for hydroxylation is 2. The standard InChI is InChI=1S/C18H24N4O2S/c1-12-16(13(2)24-22-12)11-23-15-8-6-14(7-9-15)10-19-21-17(25)20-18(3,4)5/h6-10H,11H2,1-5H3,(H2,20,21,25)/b19-10+. The maximum absolute atomic E-state index is 5.77. The summed E-state index contributed by atoms with van der Waals surface area (Å²) in [6.45, 7) is 10.3. The number of rotatable bonds is 5. The molecule has 0 atom stereocenters. The van der Waals surface area contributed by atoms with Gasteiger partial charge in [0.15, 0.2) is 5.11 Å². The zero-order chi connectivity index (χ0) is 18.4. The van der Waals surface area contributed by atoms with Gasteiger partial charge in [-0.15, -0.1) is 0 Å². The zero-order valence-electron chi connectivity index (χ0n) is 15.2. The summed E-state index contributed by atoms with van der Waals surface area (Å²) in [5, 5.41) is 11.7. The molecule has 0 aliphatic carbocycles. The molecule has 0 spiro atoms. The summed E-state index contributed by atoms with van der Waals surface area (Å²) in [7, 11) is 0. The van der Waals surface area contributed by atoms with Gasteiger partial charge in [0.25, 0.3) is 0 Å². The van der Waals surface area contributed by atoms with Gasteiger partial charge in [-0.25, -0.2) is 0 Å². The van der Waals surface area contributed by atoms with E-state index in [1.165, 1.54) is 0 Å². The van der Waals surface area contributed by atoms with Gasteiger partial charge < -0.3 is 14.6 Å². The Morgan fingerprint density at radius 3 is 2.52 bits per heavy atom. The summed E-state index contributed by atoms with van der Waals surface area (Å²) < 4.78 is 10.9. The van der Waals surface area contributed by atoms with Gasteiger partial charge in [0.05, 0.1) is 17.5 Å². The van der Waals surface area contributed by atoms with Crippen molar-refractivity contribution in [2.75, 3.05) is 0 Å². The molecule has 2 aromatic rings. The largest absolute Gasteiger partial charge is 0.489 e. The van der Waals surface area contributed by atoms with E-state index >= 15 is 0 Å². The van der Waals surface area contributed by atoms with Crippen LogP contribution in [0.2, 0.25) is 0 Å². The predicted octanol–water partition coefficient (Wildman–Crippen LogP) is 3.47. The van der Waals surface area contributed by atoms with Gasteiger partial charge in [0, 0.05) is 5.54 Å². The van der Waals surface area contributed by atoms with E-state index in [0.29, 0.717) is 11.7 Å². The molecule has 0 saturated carbocycles. The topological polar surface area (TPSA) is 71.7 Å². The Morgan fingerprint density at radius 2 is 1.96 bits per heavy atom. The first-order chi connectivity index (χ1) is 11.7. The van der Waals surface area contributed by atoms with Crippen LogP contribution < -0.4 is 15.5 Å². The Balaban J connectivity index is 1.85. The Kier molecular flexibility index (Phi) is 6.14. The number of hydrogen-bond acceptors (Lipinski definition) is 5. The predicted molar refractivity (Wildman–Crippen MR) is 103 cm³/mol. The van der Waals surface area contributed by atoms with E-state index in [4.69, 9.17) is 21.5 Å². The minimum Gasteiger partial charge on any atom is -0.489 e. The van der Waals surface area contributed by atoms with E-state index in [-0.39, 0.29) is 5.54 Å². The fourth-order valence-electron chi connectivity index (χ4n) is 2.05. The molecule has 0 bridgehead atoms. The van der Waals surface area contributed by atoms with E-state index in [1.807, 2.05) is 58.9 Å². The van der Waals surface area contributed by atoms with Gasteiger partial charge in [-0.05, 0) is 76.7 Å². The van der Waals surface area contributed by atoms with Crippen molar-refractivity contribution in [1.29, 1.82) is 0 Å². The molecule has 0 radical (unpaired) electrons. The van der Waals surface area contributed by atoms with E-state index in [1.54, 1.807) is 6.21 Å². The van der Waals surface area contributed by atoms with Crippen LogP contribution in [0.5, 0.6) is 5.75 Å². The molecule has 1 heterocycles. The maximum atomic E-state index is 5.77. The number of ether oxygens (including phenoxy) is 1. The molecule has 0 fully saturated rings. The minimum atomic E-state index is -0.0974. The second kappa shape index (κ2) is 8.11. The van der Waals surface area contributed by atoms with E-state index < -0.39 is 0 Å². The number of hydrogen-bond donors (Lipinski definition) is 2. The highest BCUT2D eigenvalue weighted by Gasteiger charge is 2.10. The summed E-state index contributed by atoms with van der Waals surface area (Å²) in [5.41, 5.74) is 5.48. The number of nitrogens with one attached hydrogen (secondary N) is 2. The number of benzene rings is 1. The second-order valence-corrected chi connectivity index (χ2v) is 7.14. The van der Waals surface area contributed by atoms with Crippen molar-refractivity contribution in [2.45, 2.75) is 46.8 Å². The van der Waals surface area contributed by atoms with Crippen LogP contribution in [-0.2, 0) is 6.61 Å². The normalized spacial score (nSPS) is 11.6. The summed E-state index contributed by atoms with van der Waals surface area (Å²) in [6, 6.07) is 7.64. The quantitative estimate of drug-likeness (QED) is 0.483. The van der Waals surface area contributed by atoms with Crippen molar-refractivity contribution in [3.63, 3.8) is 0 Å². The van der Waals surface area contributed by atoms with Crippen molar-refractivity contribution < 1.29 is 9.26 Å². The SMILES string of the molecule is Cc1noc(C)c1COc1ccc(/C=N/NC(=S)NC(C)(C)C)cc1.